The van der Waals surface area contributed by atoms with E-state index in [-0.39, 0.29) is 21.7 Å². The first-order chi connectivity index (χ1) is 11.1. The second kappa shape index (κ2) is 6.32. The monoisotopic (exact) mass is 348 g/mol. The second-order valence-electron chi connectivity index (χ2n) is 5.24. The van der Waals surface area contributed by atoms with Gasteiger partial charge in [-0.05, 0) is 49.2 Å². The Morgan fingerprint density at radius 1 is 1.12 bits per heavy atom. The molecule has 0 aliphatic heterocycles. The lowest BCUT2D eigenvalue weighted by molar-refractivity contribution is 0.0696. The summed E-state index contributed by atoms with van der Waals surface area (Å²) < 4.78 is 27.6. The van der Waals surface area contributed by atoms with Crippen molar-refractivity contribution < 1.29 is 23.1 Å². The number of hydrogen-bond donors (Lipinski definition) is 3. The molecular formula is C16H16N2O5S. The number of carboxylic acids is 1. The Morgan fingerprint density at radius 2 is 1.75 bits per heavy atom. The van der Waals surface area contributed by atoms with Gasteiger partial charge in [-0.2, -0.15) is 0 Å². The van der Waals surface area contributed by atoms with Crippen LogP contribution in [0.25, 0.3) is 0 Å². The number of benzene rings is 2. The van der Waals surface area contributed by atoms with E-state index in [0.29, 0.717) is 11.1 Å². The molecule has 0 fully saturated rings. The lowest BCUT2D eigenvalue weighted by Crippen LogP contribution is -2.20. The van der Waals surface area contributed by atoms with Crippen LogP contribution in [0.3, 0.4) is 0 Å². The zero-order chi connectivity index (χ0) is 18.1. The minimum atomic E-state index is -4.10. The molecule has 2 rings (SSSR count). The van der Waals surface area contributed by atoms with Crippen molar-refractivity contribution in [2.24, 2.45) is 5.73 Å². The summed E-state index contributed by atoms with van der Waals surface area (Å²) in [6.07, 6.45) is 0. The fraction of sp³-hybridized carbons (Fsp3) is 0.125. The summed E-state index contributed by atoms with van der Waals surface area (Å²) in [5, 5.41) is 9.12. The van der Waals surface area contributed by atoms with Crippen LogP contribution in [-0.2, 0) is 10.0 Å². The zero-order valence-corrected chi connectivity index (χ0v) is 13.8. The van der Waals surface area contributed by atoms with E-state index in [1.807, 2.05) is 0 Å². The normalized spacial score (nSPS) is 11.1. The van der Waals surface area contributed by atoms with E-state index < -0.39 is 21.9 Å². The molecule has 0 atom stereocenters. The second-order valence-corrected chi connectivity index (χ2v) is 6.89. The van der Waals surface area contributed by atoms with Crippen LogP contribution in [0.5, 0.6) is 0 Å². The molecule has 0 unspecified atom stereocenters. The number of aromatic carboxylic acids is 1. The minimum Gasteiger partial charge on any atom is -0.478 e. The number of amides is 1. The summed E-state index contributed by atoms with van der Waals surface area (Å²) in [4.78, 5) is 22.4. The maximum absolute atomic E-state index is 12.7. The molecule has 2 aromatic rings. The van der Waals surface area contributed by atoms with Crippen molar-refractivity contribution in [3.05, 3.63) is 58.7 Å². The van der Waals surface area contributed by atoms with Crippen molar-refractivity contribution >= 4 is 27.6 Å². The maximum atomic E-state index is 12.7. The van der Waals surface area contributed by atoms with E-state index in [1.54, 1.807) is 26.0 Å². The summed E-state index contributed by atoms with van der Waals surface area (Å²) in [6.45, 7) is 3.20. The van der Waals surface area contributed by atoms with Crippen LogP contribution in [0.4, 0.5) is 5.69 Å². The summed E-state index contributed by atoms with van der Waals surface area (Å²) in [5.74, 6) is -2.01. The molecule has 4 N–H and O–H groups in total. The van der Waals surface area contributed by atoms with E-state index >= 15 is 0 Å². The number of nitrogens with two attached hydrogens (primary N) is 1. The lowest BCUT2D eigenvalue weighted by atomic mass is 10.1. The number of aryl methyl sites for hydroxylation is 1. The van der Waals surface area contributed by atoms with Crippen LogP contribution >= 0.6 is 0 Å². The minimum absolute atomic E-state index is 0.0184. The number of carbonyl (C=O) groups excluding carboxylic acids is 1. The van der Waals surface area contributed by atoms with Gasteiger partial charge in [-0.15, -0.1) is 0 Å². The maximum Gasteiger partial charge on any atom is 0.335 e. The van der Waals surface area contributed by atoms with E-state index in [0.717, 1.165) is 6.07 Å². The third-order valence-corrected chi connectivity index (χ3v) is 5.08. The fourth-order valence-electron chi connectivity index (χ4n) is 2.22. The predicted molar refractivity (Wildman–Crippen MR) is 88.6 cm³/mol. The van der Waals surface area contributed by atoms with Crippen molar-refractivity contribution in [1.82, 2.24) is 0 Å². The third-order valence-electron chi connectivity index (χ3n) is 3.59. The van der Waals surface area contributed by atoms with Crippen molar-refractivity contribution in [2.75, 3.05) is 4.72 Å². The number of carbonyl (C=O) groups is 2. The van der Waals surface area contributed by atoms with Crippen LogP contribution < -0.4 is 10.5 Å². The molecule has 0 aliphatic rings. The van der Waals surface area contributed by atoms with Crippen LogP contribution in [0.2, 0.25) is 0 Å². The first kappa shape index (κ1) is 17.5. The van der Waals surface area contributed by atoms with Gasteiger partial charge in [0.15, 0.2) is 0 Å². The molecule has 0 radical (unpaired) electrons. The first-order valence-corrected chi connectivity index (χ1v) is 8.38. The highest BCUT2D eigenvalue weighted by Crippen LogP contribution is 2.25. The summed E-state index contributed by atoms with van der Waals surface area (Å²) in [5.41, 5.74) is 6.10. The SMILES string of the molecule is Cc1cc(C(=O)O)cc(S(=O)(=O)Nc2ccccc2C(N)=O)c1C. The van der Waals surface area contributed by atoms with E-state index in [4.69, 9.17) is 10.8 Å². The number of para-hydroxylation sites is 1. The number of rotatable bonds is 5. The number of sulfonamides is 1. The Hall–Kier alpha value is -2.87. The van der Waals surface area contributed by atoms with Crippen LogP contribution in [-0.4, -0.2) is 25.4 Å². The number of hydrogen-bond acceptors (Lipinski definition) is 4. The largest absolute Gasteiger partial charge is 0.478 e. The topological polar surface area (TPSA) is 127 Å². The molecule has 0 spiro atoms. The Balaban J connectivity index is 2.57. The molecular weight excluding hydrogens is 332 g/mol. The van der Waals surface area contributed by atoms with Gasteiger partial charge in [0.05, 0.1) is 21.7 Å². The third kappa shape index (κ3) is 3.38. The van der Waals surface area contributed by atoms with Crippen molar-refractivity contribution in [3.8, 4) is 0 Å². The van der Waals surface area contributed by atoms with E-state index in [1.165, 1.54) is 18.2 Å². The highest BCUT2D eigenvalue weighted by atomic mass is 32.2. The van der Waals surface area contributed by atoms with Gasteiger partial charge in [-0.3, -0.25) is 9.52 Å². The van der Waals surface area contributed by atoms with Gasteiger partial charge in [0.1, 0.15) is 0 Å². The molecule has 0 saturated carbocycles. The highest BCUT2D eigenvalue weighted by molar-refractivity contribution is 7.92. The van der Waals surface area contributed by atoms with Crippen molar-refractivity contribution in [3.63, 3.8) is 0 Å². The molecule has 24 heavy (non-hydrogen) atoms. The number of carboxylic acid groups (broad SMARTS) is 1. The van der Waals surface area contributed by atoms with Gasteiger partial charge < -0.3 is 10.8 Å². The Morgan fingerprint density at radius 3 is 2.33 bits per heavy atom. The van der Waals surface area contributed by atoms with Gasteiger partial charge in [-0.25, -0.2) is 13.2 Å². The summed E-state index contributed by atoms with van der Waals surface area (Å²) >= 11 is 0. The average molecular weight is 348 g/mol. The first-order valence-electron chi connectivity index (χ1n) is 6.89. The molecule has 0 aromatic heterocycles. The number of primary amides is 1. The number of anilines is 1. The quantitative estimate of drug-likeness (QED) is 0.760. The summed E-state index contributed by atoms with van der Waals surface area (Å²) in [7, 11) is -4.10. The van der Waals surface area contributed by atoms with Crippen molar-refractivity contribution in [2.45, 2.75) is 18.7 Å². The van der Waals surface area contributed by atoms with Gasteiger partial charge in [0.2, 0.25) is 0 Å². The molecule has 0 bridgehead atoms. The molecule has 2 aromatic carbocycles. The molecule has 7 nitrogen and oxygen atoms in total. The molecule has 8 heteroatoms. The fourth-order valence-corrected chi connectivity index (χ4v) is 3.64. The Kier molecular flexibility index (Phi) is 4.61. The van der Waals surface area contributed by atoms with E-state index in [9.17, 15) is 18.0 Å². The molecule has 0 aliphatic carbocycles. The van der Waals surface area contributed by atoms with Gasteiger partial charge in [0, 0.05) is 0 Å². The van der Waals surface area contributed by atoms with Gasteiger partial charge in [0.25, 0.3) is 15.9 Å². The average Bonchev–Trinajstić information content (AvgIpc) is 2.49. The standard InChI is InChI=1S/C16H16N2O5S/c1-9-7-11(16(20)21)8-14(10(9)2)24(22,23)18-13-6-4-3-5-12(13)15(17)19/h3-8,18H,1-2H3,(H2,17,19)(H,20,21). The van der Waals surface area contributed by atoms with Crippen LogP contribution in [0, 0.1) is 13.8 Å². The van der Waals surface area contributed by atoms with Crippen LogP contribution in [0.1, 0.15) is 31.8 Å². The summed E-state index contributed by atoms with van der Waals surface area (Å²) in [6, 6.07) is 8.38. The molecule has 0 saturated heterocycles. The molecule has 1 amide bonds. The molecule has 126 valence electrons. The predicted octanol–water partition coefficient (Wildman–Crippen LogP) is 1.90. The Bertz CT molecular complexity index is 935. The molecule has 0 heterocycles. The number of nitrogens with one attached hydrogen (secondary N) is 1. The van der Waals surface area contributed by atoms with Gasteiger partial charge in [-0.1, -0.05) is 12.1 Å². The Labute approximate surface area is 139 Å². The van der Waals surface area contributed by atoms with E-state index in [2.05, 4.69) is 4.72 Å². The van der Waals surface area contributed by atoms with Crippen molar-refractivity contribution in [1.29, 1.82) is 0 Å². The smallest absolute Gasteiger partial charge is 0.335 e. The zero-order valence-electron chi connectivity index (χ0n) is 13.0. The highest BCUT2D eigenvalue weighted by Gasteiger charge is 2.22. The van der Waals surface area contributed by atoms with Gasteiger partial charge >= 0.3 is 5.97 Å². The lowest BCUT2D eigenvalue weighted by Gasteiger charge is -2.14. The van der Waals surface area contributed by atoms with Crippen LogP contribution in [0.15, 0.2) is 41.3 Å².